The van der Waals surface area contributed by atoms with Crippen LogP contribution >= 0.6 is 24.0 Å². The van der Waals surface area contributed by atoms with Gasteiger partial charge in [0.1, 0.15) is 0 Å². The maximum absolute atomic E-state index is 11.6. The Kier molecular flexibility index (Phi) is 8.46. The molecule has 2 rings (SSSR count). The lowest BCUT2D eigenvalue weighted by Crippen LogP contribution is -2.46. The molecule has 0 amide bonds. The highest BCUT2D eigenvalue weighted by Gasteiger charge is 2.27. The second-order valence-corrected chi connectivity index (χ2v) is 6.19. The van der Waals surface area contributed by atoms with Crippen molar-refractivity contribution in [2.24, 2.45) is 18.0 Å². The van der Waals surface area contributed by atoms with Crippen LogP contribution in [0.4, 0.5) is 5.95 Å². The van der Waals surface area contributed by atoms with Gasteiger partial charge in [-0.3, -0.25) is 9.79 Å². The van der Waals surface area contributed by atoms with Crippen molar-refractivity contribution < 1.29 is 9.53 Å². The number of anilines is 1. The summed E-state index contributed by atoms with van der Waals surface area (Å²) in [6.07, 6.45) is 3.47. The summed E-state index contributed by atoms with van der Waals surface area (Å²) in [5.41, 5.74) is 1.09. The molecule has 0 aromatic carbocycles. The molecule has 1 aliphatic rings. The number of aliphatic imine (C=N–C) groups is 1. The van der Waals surface area contributed by atoms with Gasteiger partial charge in [-0.15, -0.1) is 24.0 Å². The first-order valence-electron chi connectivity index (χ1n) is 8.19. The van der Waals surface area contributed by atoms with Crippen LogP contribution in [0.2, 0.25) is 0 Å². The van der Waals surface area contributed by atoms with E-state index in [2.05, 4.69) is 24.8 Å². The molecule has 1 N–H and O–H groups in total. The van der Waals surface area contributed by atoms with Gasteiger partial charge in [0.05, 0.1) is 31.5 Å². The predicted octanol–water partition coefficient (Wildman–Crippen LogP) is 1.06. The lowest BCUT2D eigenvalue weighted by molar-refractivity contribution is -0.146. The maximum Gasteiger partial charge on any atom is 0.308 e. The number of hydrogen-bond acceptors (Lipinski definition) is 5. The highest BCUT2D eigenvalue weighted by atomic mass is 127. The SMILES string of the molecule is CN=C(NCc1cnc(N(C)C)n1C)N1CCC(C(=O)OC)CC1.I. The van der Waals surface area contributed by atoms with Crippen LogP contribution < -0.4 is 10.2 Å². The molecule has 1 fully saturated rings. The van der Waals surface area contributed by atoms with Gasteiger partial charge in [-0.25, -0.2) is 4.98 Å². The zero-order chi connectivity index (χ0) is 17.7. The first-order chi connectivity index (χ1) is 11.5. The van der Waals surface area contributed by atoms with Crippen LogP contribution in [0.1, 0.15) is 18.5 Å². The fourth-order valence-corrected chi connectivity index (χ4v) is 3.01. The number of piperidine rings is 1. The molecule has 1 aromatic heterocycles. The maximum atomic E-state index is 11.6. The number of nitrogens with zero attached hydrogens (tertiary/aromatic N) is 5. The molecule has 1 aliphatic heterocycles. The summed E-state index contributed by atoms with van der Waals surface area (Å²) in [6, 6.07) is 0. The number of halogens is 1. The van der Waals surface area contributed by atoms with E-state index in [0.29, 0.717) is 6.54 Å². The molecule has 8 nitrogen and oxygen atoms in total. The van der Waals surface area contributed by atoms with Gasteiger partial charge in [0.25, 0.3) is 0 Å². The molecule has 25 heavy (non-hydrogen) atoms. The summed E-state index contributed by atoms with van der Waals surface area (Å²) in [5, 5.41) is 3.39. The zero-order valence-corrected chi connectivity index (χ0v) is 18.0. The number of imidazole rings is 1. The van der Waals surface area contributed by atoms with E-state index in [0.717, 1.165) is 43.5 Å². The lowest BCUT2D eigenvalue weighted by atomic mass is 9.97. The van der Waals surface area contributed by atoms with E-state index >= 15 is 0 Å². The van der Waals surface area contributed by atoms with E-state index in [9.17, 15) is 4.79 Å². The third-order valence-electron chi connectivity index (χ3n) is 4.43. The van der Waals surface area contributed by atoms with Gasteiger partial charge in [0, 0.05) is 41.3 Å². The van der Waals surface area contributed by atoms with E-state index in [1.807, 2.05) is 32.2 Å². The Balaban J connectivity index is 0.00000312. The summed E-state index contributed by atoms with van der Waals surface area (Å²) >= 11 is 0. The average Bonchev–Trinajstić information content (AvgIpc) is 2.96. The van der Waals surface area contributed by atoms with Gasteiger partial charge in [-0.2, -0.15) is 0 Å². The summed E-state index contributed by atoms with van der Waals surface area (Å²) in [7, 11) is 9.19. The number of ether oxygens (including phenoxy) is 1. The molecule has 9 heteroatoms. The number of guanidine groups is 1. The summed E-state index contributed by atoms with van der Waals surface area (Å²) < 4.78 is 6.89. The van der Waals surface area contributed by atoms with Crippen LogP contribution in [0, 0.1) is 5.92 Å². The van der Waals surface area contributed by atoms with Crippen LogP contribution in [-0.2, 0) is 23.1 Å². The minimum Gasteiger partial charge on any atom is -0.469 e. The van der Waals surface area contributed by atoms with Crippen LogP contribution in [0.3, 0.4) is 0 Å². The Morgan fingerprint density at radius 3 is 2.56 bits per heavy atom. The topological polar surface area (TPSA) is 75.0 Å². The number of likely N-dealkylation sites (tertiary alicyclic amines) is 1. The van der Waals surface area contributed by atoms with Crippen LogP contribution in [0.25, 0.3) is 0 Å². The Bertz CT molecular complexity index is 593. The lowest BCUT2D eigenvalue weighted by Gasteiger charge is -2.33. The van der Waals surface area contributed by atoms with Gasteiger partial charge in [0.15, 0.2) is 5.96 Å². The molecule has 2 heterocycles. The minimum atomic E-state index is -0.108. The van der Waals surface area contributed by atoms with Gasteiger partial charge >= 0.3 is 5.97 Å². The summed E-state index contributed by atoms with van der Waals surface area (Å²) in [6.45, 7) is 2.25. The molecule has 0 aliphatic carbocycles. The third kappa shape index (κ3) is 5.23. The van der Waals surface area contributed by atoms with Crippen molar-refractivity contribution in [3.05, 3.63) is 11.9 Å². The van der Waals surface area contributed by atoms with E-state index in [-0.39, 0.29) is 35.9 Å². The number of esters is 1. The van der Waals surface area contributed by atoms with E-state index in [1.165, 1.54) is 7.11 Å². The van der Waals surface area contributed by atoms with Crippen molar-refractivity contribution in [3.63, 3.8) is 0 Å². The quantitative estimate of drug-likeness (QED) is 0.311. The van der Waals surface area contributed by atoms with Crippen LogP contribution in [0.15, 0.2) is 11.2 Å². The van der Waals surface area contributed by atoms with Gasteiger partial charge in [-0.1, -0.05) is 0 Å². The molecular formula is C16H29IN6O2. The third-order valence-corrected chi connectivity index (χ3v) is 4.43. The number of aromatic nitrogens is 2. The fourth-order valence-electron chi connectivity index (χ4n) is 3.01. The zero-order valence-electron chi connectivity index (χ0n) is 15.7. The van der Waals surface area contributed by atoms with Crippen molar-refractivity contribution in [2.45, 2.75) is 19.4 Å². The predicted molar refractivity (Wildman–Crippen MR) is 109 cm³/mol. The largest absolute Gasteiger partial charge is 0.469 e. The van der Waals surface area contributed by atoms with E-state index < -0.39 is 0 Å². The Hall–Kier alpha value is -1.52. The van der Waals surface area contributed by atoms with Crippen molar-refractivity contribution in [1.82, 2.24) is 19.8 Å². The number of nitrogens with one attached hydrogen (secondary N) is 1. The minimum absolute atomic E-state index is 0. The van der Waals surface area contributed by atoms with Gasteiger partial charge < -0.3 is 24.4 Å². The van der Waals surface area contributed by atoms with Crippen molar-refractivity contribution in [2.75, 3.05) is 46.2 Å². The number of methoxy groups -OCH3 is 1. The van der Waals surface area contributed by atoms with Crippen molar-refractivity contribution in [3.8, 4) is 0 Å². The van der Waals surface area contributed by atoms with Crippen LogP contribution in [0.5, 0.6) is 0 Å². The van der Waals surface area contributed by atoms with E-state index in [1.54, 1.807) is 7.05 Å². The fraction of sp³-hybridized carbons (Fsp3) is 0.688. The normalized spacial score (nSPS) is 15.6. The molecule has 0 atom stereocenters. The highest BCUT2D eigenvalue weighted by Crippen LogP contribution is 2.18. The van der Waals surface area contributed by atoms with Gasteiger partial charge in [0.2, 0.25) is 5.95 Å². The molecule has 1 saturated heterocycles. The number of rotatable bonds is 4. The molecular weight excluding hydrogens is 435 g/mol. The second-order valence-electron chi connectivity index (χ2n) is 6.19. The Morgan fingerprint density at radius 2 is 2.08 bits per heavy atom. The first-order valence-corrected chi connectivity index (χ1v) is 8.19. The number of carbonyl (C=O) groups excluding carboxylic acids is 1. The summed E-state index contributed by atoms with van der Waals surface area (Å²) in [5.74, 6) is 1.67. The Labute approximate surface area is 166 Å². The summed E-state index contributed by atoms with van der Waals surface area (Å²) in [4.78, 5) is 24.6. The molecule has 0 radical (unpaired) electrons. The number of hydrogen-bond donors (Lipinski definition) is 1. The highest BCUT2D eigenvalue weighted by molar-refractivity contribution is 14.0. The second kappa shape index (κ2) is 9.83. The molecule has 0 unspecified atom stereocenters. The first kappa shape index (κ1) is 21.5. The van der Waals surface area contributed by atoms with Gasteiger partial charge in [-0.05, 0) is 12.8 Å². The molecule has 0 bridgehead atoms. The standard InChI is InChI=1S/C16H28N6O2.HI/c1-17-15(22-8-6-12(7-9-22)14(23)24-5)18-10-13-11-19-16(20(2)3)21(13)4;/h11-12H,6-10H2,1-5H3,(H,17,18);1H. The van der Waals surface area contributed by atoms with Crippen LogP contribution in [-0.4, -0.2) is 67.7 Å². The molecule has 1 aromatic rings. The molecule has 0 spiro atoms. The Morgan fingerprint density at radius 1 is 1.44 bits per heavy atom. The smallest absolute Gasteiger partial charge is 0.308 e. The van der Waals surface area contributed by atoms with Crippen molar-refractivity contribution >= 4 is 41.9 Å². The number of carbonyl (C=O) groups is 1. The molecule has 142 valence electrons. The molecule has 0 saturated carbocycles. The van der Waals surface area contributed by atoms with E-state index in [4.69, 9.17) is 4.74 Å². The van der Waals surface area contributed by atoms with Crippen molar-refractivity contribution in [1.29, 1.82) is 0 Å². The average molecular weight is 464 g/mol. The monoisotopic (exact) mass is 464 g/mol.